The van der Waals surface area contributed by atoms with Gasteiger partial charge in [0, 0.05) is 36.3 Å². The number of amides is 2. The molecule has 2 aromatic rings. The Morgan fingerprint density at radius 3 is 2.39 bits per heavy atom. The Morgan fingerprint density at radius 1 is 1.10 bits per heavy atom. The number of carbonyl (C=O) groups excluding carboxylic acids is 2. The summed E-state index contributed by atoms with van der Waals surface area (Å²) in [6.07, 6.45) is 1.82. The molecule has 0 saturated carbocycles. The molecule has 0 spiro atoms. The van der Waals surface area contributed by atoms with Crippen molar-refractivity contribution in [2.45, 2.75) is 52.2 Å². The highest BCUT2D eigenvalue weighted by Crippen LogP contribution is 2.16. The van der Waals surface area contributed by atoms with Crippen molar-refractivity contribution >= 4 is 23.4 Å². The van der Waals surface area contributed by atoms with Crippen molar-refractivity contribution in [1.82, 2.24) is 15.5 Å². The van der Waals surface area contributed by atoms with E-state index in [1.807, 2.05) is 13.8 Å². The first-order valence-corrected chi connectivity index (χ1v) is 11.3. The maximum atomic E-state index is 12.9. The van der Waals surface area contributed by atoms with E-state index in [0.29, 0.717) is 10.6 Å². The third-order valence-electron chi connectivity index (χ3n) is 5.76. The van der Waals surface area contributed by atoms with Crippen LogP contribution in [0.3, 0.4) is 0 Å². The third kappa shape index (κ3) is 6.81. The summed E-state index contributed by atoms with van der Waals surface area (Å²) in [5, 5.41) is 6.61. The predicted octanol–water partition coefficient (Wildman–Crippen LogP) is 4.18. The number of likely N-dealkylation sites (tertiary alicyclic amines) is 1. The smallest absolute Gasteiger partial charge is 0.251 e. The Hall–Kier alpha value is -2.37. The average molecular weight is 442 g/mol. The van der Waals surface area contributed by atoms with E-state index in [-0.39, 0.29) is 23.8 Å². The van der Waals surface area contributed by atoms with Crippen molar-refractivity contribution in [3.63, 3.8) is 0 Å². The minimum absolute atomic E-state index is 0.0161. The van der Waals surface area contributed by atoms with Crippen LogP contribution in [0.4, 0.5) is 0 Å². The fraction of sp³-hybridized carbons (Fsp3) is 0.440. The van der Waals surface area contributed by atoms with E-state index in [4.69, 9.17) is 11.6 Å². The third-order valence-corrected chi connectivity index (χ3v) is 6.02. The number of hydrogen-bond acceptors (Lipinski definition) is 3. The molecule has 0 aliphatic carbocycles. The van der Waals surface area contributed by atoms with Gasteiger partial charge in [-0.1, -0.05) is 55.3 Å². The van der Waals surface area contributed by atoms with Crippen molar-refractivity contribution in [2.24, 2.45) is 5.92 Å². The van der Waals surface area contributed by atoms with E-state index in [0.717, 1.165) is 32.5 Å². The molecule has 3 rings (SSSR count). The highest BCUT2D eigenvalue weighted by atomic mass is 35.5. The van der Waals surface area contributed by atoms with Gasteiger partial charge in [0.05, 0.1) is 0 Å². The molecule has 0 radical (unpaired) electrons. The fourth-order valence-corrected chi connectivity index (χ4v) is 4.08. The van der Waals surface area contributed by atoms with Gasteiger partial charge in [-0.3, -0.25) is 14.5 Å². The lowest BCUT2D eigenvalue weighted by Crippen LogP contribution is -2.53. The quantitative estimate of drug-likeness (QED) is 0.677. The molecule has 2 aromatic carbocycles. The van der Waals surface area contributed by atoms with Crippen molar-refractivity contribution in [2.75, 3.05) is 13.1 Å². The zero-order valence-electron chi connectivity index (χ0n) is 18.5. The second-order valence-electron chi connectivity index (χ2n) is 8.75. The van der Waals surface area contributed by atoms with Crippen LogP contribution in [0.25, 0.3) is 0 Å². The second-order valence-corrected chi connectivity index (χ2v) is 9.19. The molecule has 1 saturated heterocycles. The fourth-order valence-electron chi connectivity index (χ4n) is 3.96. The standard InChI is InChI=1S/C25H32ClN3O2/c1-17(2)23(28-24(30)20-7-9-21(26)10-8-20)25(31)27-22-11-13-29(14-12-22)16-19-6-4-5-18(3)15-19/h4-10,15,17,22-23H,11-14,16H2,1-3H3,(H,27,31)(H,28,30). The molecular formula is C25H32ClN3O2. The minimum Gasteiger partial charge on any atom is -0.351 e. The molecule has 1 aliphatic rings. The van der Waals surface area contributed by atoms with E-state index in [9.17, 15) is 9.59 Å². The number of aryl methyl sites for hydroxylation is 1. The number of nitrogens with one attached hydrogen (secondary N) is 2. The Balaban J connectivity index is 1.50. The summed E-state index contributed by atoms with van der Waals surface area (Å²) in [5.74, 6) is -0.398. The SMILES string of the molecule is Cc1cccc(CN2CCC(NC(=O)C(NC(=O)c3ccc(Cl)cc3)C(C)C)CC2)c1. The number of carbonyl (C=O) groups is 2. The van der Waals surface area contributed by atoms with Crippen LogP contribution in [0, 0.1) is 12.8 Å². The van der Waals surface area contributed by atoms with Gasteiger partial charge in [0.25, 0.3) is 5.91 Å². The molecular weight excluding hydrogens is 410 g/mol. The van der Waals surface area contributed by atoms with Crippen molar-refractivity contribution in [3.05, 3.63) is 70.2 Å². The lowest BCUT2D eigenvalue weighted by Gasteiger charge is -2.33. The van der Waals surface area contributed by atoms with E-state index in [1.54, 1.807) is 24.3 Å². The first-order chi connectivity index (χ1) is 14.8. The summed E-state index contributed by atoms with van der Waals surface area (Å²) in [7, 11) is 0. The number of benzene rings is 2. The second kappa shape index (κ2) is 10.8. The van der Waals surface area contributed by atoms with Crippen LogP contribution in [0.15, 0.2) is 48.5 Å². The average Bonchev–Trinajstić information content (AvgIpc) is 2.73. The summed E-state index contributed by atoms with van der Waals surface area (Å²) >= 11 is 5.89. The van der Waals surface area contributed by atoms with E-state index in [2.05, 4.69) is 46.7 Å². The van der Waals surface area contributed by atoms with Gasteiger partial charge >= 0.3 is 0 Å². The Morgan fingerprint density at radius 2 is 1.77 bits per heavy atom. The number of rotatable bonds is 7. The normalized spacial score (nSPS) is 16.2. The Kier molecular flexibility index (Phi) is 8.10. The number of piperidine rings is 1. The highest BCUT2D eigenvalue weighted by Gasteiger charge is 2.28. The van der Waals surface area contributed by atoms with Gasteiger partial charge in [0.1, 0.15) is 6.04 Å². The molecule has 1 atom stereocenters. The minimum atomic E-state index is -0.575. The first kappa shape index (κ1) is 23.3. The van der Waals surface area contributed by atoms with Gasteiger partial charge in [-0.2, -0.15) is 0 Å². The zero-order valence-corrected chi connectivity index (χ0v) is 19.3. The van der Waals surface area contributed by atoms with Gasteiger partial charge in [0.2, 0.25) is 5.91 Å². The molecule has 1 fully saturated rings. The molecule has 1 unspecified atom stereocenters. The molecule has 0 aromatic heterocycles. The summed E-state index contributed by atoms with van der Waals surface area (Å²) in [6.45, 7) is 8.83. The van der Waals surface area contributed by atoms with Gasteiger partial charge < -0.3 is 10.6 Å². The summed E-state index contributed by atoms with van der Waals surface area (Å²) < 4.78 is 0. The van der Waals surface area contributed by atoms with Crippen LogP contribution in [-0.2, 0) is 11.3 Å². The van der Waals surface area contributed by atoms with Crippen LogP contribution >= 0.6 is 11.6 Å². The lowest BCUT2D eigenvalue weighted by atomic mass is 9.99. The van der Waals surface area contributed by atoms with Crippen molar-refractivity contribution in [3.8, 4) is 0 Å². The maximum absolute atomic E-state index is 12.9. The Labute approximate surface area is 190 Å². The summed E-state index contributed by atoms with van der Waals surface area (Å²) in [5.41, 5.74) is 3.10. The topological polar surface area (TPSA) is 61.4 Å². The van der Waals surface area contributed by atoms with Gasteiger partial charge in [0.15, 0.2) is 0 Å². The van der Waals surface area contributed by atoms with Gasteiger partial charge in [-0.15, -0.1) is 0 Å². The number of halogens is 1. The van der Waals surface area contributed by atoms with Crippen molar-refractivity contribution < 1.29 is 9.59 Å². The lowest BCUT2D eigenvalue weighted by molar-refractivity contribution is -0.125. The van der Waals surface area contributed by atoms with Crippen LogP contribution in [0.1, 0.15) is 48.2 Å². The number of hydrogen-bond donors (Lipinski definition) is 2. The maximum Gasteiger partial charge on any atom is 0.251 e. The summed E-state index contributed by atoms with van der Waals surface area (Å²) in [6, 6.07) is 14.8. The molecule has 1 heterocycles. The number of nitrogens with zero attached hydrogens (tertiary/aromatic N) is 1. The molecule has 6 heteroatoms. The van der Waals surface area contributed by atoms with Crippen LogP contribution in [-0.4, -0.2) is 41.9 Å². The van der Waals surface area contributed by atoms with Crippen LogP contribution < -0.4 is 10.6 Å². The molecule has 31 heavy (non-hydrogen) atoms. The Bertz CT molecular complexity index is 890. The van der Waals surface area contributed by atoms with Crippen LogP contribution in [0.5, 0.6) is 0 Å². The van der Waals surface area contributed by atoms with Gasteiger partial charge in [-0.25, -0.2) is 0 Å². The van der Waals surface area contributed by atoms with Gasteiger partial charge in [-0.05, 0) is 55.5 Å². The van der Waals surface area contributed by atoms with E-state index < -0.39 is 6.04 Å². The van der Waals surface area contributed by atoms with E-state index >= 15 is 0 Å². The summed E-state index contributed by atoms with van der Waals surface area (Å²) in [4.78, 5) is 27.9. The van der Waals surface area contributed by atoms with Crippen LogP contribution in [0.2, 0.25) is 5.02 Å². The zero-order chi connectivity index (χ0) is 22.4. The first-order valence-electron chi connectivity index (χ1n) is 11.0. The molecule has 2 N–H and O–H groups in total. The molecule has 0 bridgehead atoms. The monoisotopic (exact) mass is 441 g/mol. The largest absolute Gasteiger partial charge is 0.351 e. The molecule has 1 aliphatic heterocycles. The van der Waals surface area contributed by atoms with E-state index in [1.165, 1.54) is 11.1 Å². The molecule has 5 nitrogen and oxygen atoms in total. The predicted molar refractivity (Wildman–Crippen MR) is 125 cm³/mol. The van der Waals surface area contributed by atoms with Crippen molar-refractivity contribution in [1.29, 1.82) is 0 Å². The molecule has 166 valence electrons. The highest BCUT2D eigenvalue weighted by molar-refractivity contribution is 6.30. The molecule has 2 amide bonds.